The van der Waals surface area contributed by atoms with Gasteiger partial charge in [-0.1, -0.05) is 44.9 Å². The fraction of sp³-hybridized carbons (Fsp3) is 0.531. The van der Waals surface area contributed by atoms with Crippen LogP contribution in [-0.2, 0) is 50.2 Å². The first-order valence-corrected chi connectivity index (χ1v) is 26.2. The van der Waals surface area contributed by atoms with Crippen LogP contribution in [0.25, 0.3) is 0 Å². The summed E-state index contributed by atoms with van der Waals surface area (Å²) in [6, 6.07) is 8.30. The Kier molecular flexibility index (Phi) is 18.3. The van der Waals surface area contributed by atoms with Gasteiger partial charge in [0, 0.05) is 79.8 Å². The maximum Gasteiger partial charge on any atom is 0.303 e. The molecule has 2 aromatic rings. The van der Waals surface area contributed by atoms with Gasteiger partial charge in [0.25, 0.3) is 10.1 Å². The van der Waals surface area contributed by atoms with Gasteiger partial charge < -0.3 is 30.5 Å². The van der Waals surface area contributed by atoms with Crippen LogP contribution in [0, 0.1) is 0 Å². The largest absolute Gasteiger partial charge is 0.744 e. The van der Waals surface area contributed by atoms with Gasteiger partial charge >= 0.3 is 5.97 Å². The highest BCUT2D eigenvalue weighted by Gasteiger charge is 2.45. The lowest BCUT2D eigenvalue weighted by atomic mass is 9.81. The number of hydrogen-bond acceptors (Lipinski definition) is 10. The van der Waals surface area contributed by atoms with Crippen molar-refractivity contribution in [2.75, 3.05) is 31.1 Å². The van der Waals surface area contributed by atoms with Gasteiger partial charge in [-0.3, -0.25) is 23.7 Å². The van der Waals surface area contributed by atoms with Gasteiger partial charge in [0.05, 0.1) is 15.2 Å². The van der Waals surface area contributed by atoms with E-state index in [0.717, 1.165) is 41.2 Å². The number of carboxylic acids is 1. The summed E-state index contributed by atoms with van der Waals surface area (Å²) in [4.78, 5) is 51.8. The first-order valence-electron chi connectivity index (χ1n) is 23.4. The summed E-state index contributed by atoms with van der Waals surface area (Å²) >= 11 is 0. The highest BCUT2D eigenvalue weighted by Crippen LogP contribution is 2.48. The Hall–Kier alpha value is -5.17. The number of nitrogens with one attached hydrogen (secondary N) is 3. The molecule has 3 amide bonds. The van der Waals surface area contributed by atoms with E-state index in [4.69, 9.17) is 5.11 Å². The van der Waals surface area contributed by atoms with Gasteiger partial charge in [0.15, 0.2) is 5.71 Å². The van der Waals surface area contributed by atoms with Crippen molar-refractivity contribution >= 4 is 61.0 Å². The third kappa shape index (κ3) is 14.2. The van der Waals surface area contributed by atoms with E-state index < -0.39 is 43.1 Å². The minimum Gasteiger partial charge on any atom is -0.744 e. The minimum absolute atomic E-state index is 0.0636. The summed E-state index contributed by atoms with van der Waals surface area (Å²) in [6.45, 7) is 9.86. The molecule has 2 aromatic carbocycles. The number of carbonyl (C=O) groups excluding carboxylic acids is 3. The maximum absolute atomic E-state index is 13.3. The van der Waals surface area contributed by atoms with Crippen LogP contribution < -0.4 is 20.9 Å². The second-order valence-corrected chi connectivity index (χ2v) is 21.4. The number of anilines is 1. The van der Waals surface area contributed by atoms with Crippen LogP contribution in [0.4, 0.5) is 11.4 Å². The predicted molar refractivity (Wildman–Crippen MR) is 255 cm³/mol. The Labute approximate surface area is 395 Å². The quantitative estimate of drug-likeness (QED) is 0.101. The topological polar surface area (TPSA) is 242 Å². The highest BCUT2D eigenvalue weighted by atomic mass is 32.2. The van der Waals surface area contributed by atoms with Crippen molar-refractivity contribution in [2.45, 2.75) is 151 Å². The van der Waals surface area contributed by atoms with Crippen molar-refractivity contribution < 1.29 is 54.8 Å². The van der Waals surface area contributed by atoms with Crippen molar-refractivity contribution in [2.24, 2.45) is 0 Å². The lowest BCUT2D eigenvalue weighted by Gasteiger charge is -2.27. The molecule has 3 aliphatic heterocycles. The highest BCUT2D eigenvalue weighted by molar-refractivity contribution is 7.86. The molecule has 0 bridgehead atoms. The predicted octanol–water partition coefficient (Wildman–Crippen LogP) is 6.67. The molecule has 0 fully saturated rings. The molecular formula is C49H67N5O11S2. The maximum atomic E-state index is 13.3. The Morgan fingerprint density at radius 2 is 1.52 bits per heavy atom. The second-order valence-electron chi connectivity index (χ2n) is 18.6. The van der Waals surface area contributed by atoms with E-state index in [0.29, 0.717) is 102 Å². The van der Waals surface area contributed by atoms with Crippen LogP contribution in [0.15, 0.2) is 82.3 Å². The molecule has 0 saturated carbocycles. The molecule has 18 heteroatoms. The van der Waals surface area contributed by atoms with Crippen LogP contribution >= 0.6 is 0 Å². The minimum atomic E-state index is -4.72. The van der Waals surface area contributed by atoms with Crippen LogP contribution in [0.1, 0.15) is 135 Å². The Bertz CT molecular complexity index is 2510. The van der Waals surface area contributed by atoms with Gasteiger partial charge in [0.1, 0.15) is 22.7 Å². The summed E-state index contributed by atoms with van der Waals surface area (Å²) in [5.74, 6) is -1.50. The Morgan fingerprint density at radius 3 is 2.24 bits per heavy atom. The summed E-state index contributed by atoms with van der Waals surface area (Å²) in [7, 11) is -9.16. The van der Waals surface area contributed by atoms with Gasteiger partial charge in [-0.2, -0.15) is 13.0 Å². The SMILES string of the molecule is CC1(C)C2=[N+](CCCCCC(=O)NC(C(=O)NCCCCCC(=O)O)CCCCNC(=O)CCCCCN3/C(=C/C=C/C=C/2)C(C)(C)c2cc(S(=O)(=O)O)ccc23)c2ccc(S(=O)(=O)[O-])cc21. The molecule has 3 aliphatic rings. The van der Waals surface area contributed by atoms with E-state index in [1.54, 1.807) is 12.1 Å². The third-order valence-corrected chi connectivity index (χ3v) is 14.6. The van der Waals surface area contributed by atoms with Gasteiger partial charge in [-0.05, 0) is 114 Å². The molecule has 0 spiro atoms. The summed E-state index contributed by atoms with van der Waals surface area (Å²) in [6.07, 6.45) is 17.6. The van der Waals surface area contributed by atoms with E-state index in [2.05, 4.69) is 25.4 Å². The summed E-state index contributed by atoms with van der Waals surface area (Å²) in [5.41, 5.74) is 3.52. The first-order chi connectivity index (χ1) is 31.6. The zero-order chi connectivity index (χ0) is 49.0. The zero-order valence-corrected chi connectivity index (χ0v) is 40.8. The monoisotopic (exact) mass is 965 g/mol. The summed E-state index contributed by atoms with van der Waals surface area (Å²) < 4.78 is 72.6. The molecule has 366 valence electrons. The molecule has 1 atom stereocenters. The lowest BCUT2D eigenvalue weighted by molar-refractivity contribution is -0.438. The first kappa shape index (κ1) is 52.8. The van der Waals surface area contributed by atoms with Crippen LogP contribution in [0.2, 0.25) is 0 Å². The van der Waals surface area contributed by atoms with E-state index in [-0.39, 0.29) is 40.4 Å². The fourth-order valence-electron chi connectivity index (χ4n) is 9.17. The van der Waals surface area contributed by atoms with Gasteiger partial charge in [0.2, 0.25) is 23.4 Å². The zero-order valence-electron chi connectivity index (χ0n) is 39.1. The van der Waals surface area contributed by atoms with Crippen molar-refractivity contribution in [1.29, 1.82) is 0 Å². The fourth-order valence-corrected chi connectivity index (χ4v) is 10.2. The smallest absolute Gasteiger partial charge is 0.303 e. The number of fused-ring (bicyclic) bond motifs is 5. The number of carbonyl (C=O) groups is 4. The lowest BCUT2D eigenvalue weighted by Crippen LogP contribution is -2.47. The number of unbranched alkanes of at least 4 members (excludes halogenated alkanes) is 2. The number of aliphatic carboxylic acids is 1. The molecule has 0 radical (unpaired) electrons. The van der Waals surface area contributed by atoms with E-state index in [9.17, 15) is 45.1 Å². The molecule has 1 unspecified atom stereocenters. The van der Waals surface area contributed by atoms with Crippen molar-refractivity contribution in [1.82, 2.24) is 16.0 Å². The van der Waals surface area contributed by atoms with Crippen molar-refractivity contribution in [3.63, 3.8) is 0 Å². The van der Waals surface area contributed by atoms with Crippen LogP contribution in [0.3, 0.4) is 0 Å². The van der Waals surface area contributed by atoms with Crippen LogP contribution in [0.5, 0.6) is 0 Å². The average Bonchev–Trinajstić information content (AvgIpc) is 3.59. The average molecular weight is 966 g/mol. The molecule has 5 N–H and O–H groups in total. The number of rotatable bonds is 9. The molecule has 0 saturated heterocycles. The van der Waals surface area contributed by atoms with Gasteiger partial charge in [-0.15, -0.1) is 0 Å². The molecule has 5 rings (SSSR count). The standard InChI is InChI=1S/C49H67N5O11S2/c1-48(2)37-33-35(66(60,61)62)25-27-40(37)53-31-17-7-11-22-44(55)50-29-16-14-19-39(47(59)51-30-15-6-13-24-46(57)58)52-45(56)23-12-8-18-32-54-41-28-26-36(67(63,64)65)34-38(41)49(3,4)43(54)21-10-5-9-20-42(48)53/h5,9-10,20-21,25-28,33-34,39H,6-8,11-19,22-24,29-32H2,1-4H3,(H5-,50,51,52,55,56,57,58,59,60,61,62,63,64,65). The number of allylic oxidation sites excluding steroid dienone is 6. The van der Waals surface area contributed by atoms with Crippen LogP contribution in [-0.4, -0.2) is 97.2 Å². The normalized spacial score (nSPS) is 22.0. The summed E-state index contributed by atoms with van der Waals surface area (Å²) in [5, 5.41) is 17.7. The molecular weight excluding hydrogens is 899 g/mol. The van der Waals surface area contributed by atoms with E-state index in [1.807, 2.05) is 58.1 Å². The number of carboxylic acid groups (broad SMARTS) is 1. The van der Waals surface area contributed by atoms with E-state index >= 15 is 0 Å². The van der Waals surface area contributed by atoms with Crippen molar-refractivity contribution in [3.05, 3.63) is 83.6 Å². The molecule has 16 nitrogen and oxygen atoms in total. The Morgan fingerprint density at radius 1 is 0.821 bits per heavy atom. The number of benzene rings is 2. The molecule has 0 aromatic heterocycles. The molecule has 3 heterocycles. The number of nitrogens with zero attached hydrogens (tertiary/aromatic N) is 2. The second kappa shape index (κ2) is 23.2. The molecule has 0 aliphatic carbocycles. The van der Waals surface area contributed by atoms with Crippen molar-refractivity contribution in [3.8, 4) is 0 Å². The molecule has 67 heavy (non-hydrogen) atoms. The van der Waals surface area contributed by atoms with E-state index in [1.165, 1.54) is 24.3 Å². The number of hydrogen-bond donors (Lipinski definition) is 5. The third-order valence-electron chi connectivity index (χ3n) is 12.9. The van der Waals surface area contributed by atoms with Gasteiger partial charge in [-0.25, -0.2) is 8.42 Å². The Balaban J connectivity index is 1.39. The number of amides is 3.